The smallest absolute Gasteiger partial charge is 0.251 e. The molecule has 0 aliphatic carbocycles. The Morgan fingerprint density at radius 1 is 1.39 bits per heavy atom. The third-order valence-electron chi connectivity index (χ3n) is 1.93. The summed E-state index contributed by atoms with van der Waals surface area (Å²) in [7, 11) is 0. The van der Waals surface area contributed by atoms with Crippen molar-refractivity contribution in [3.05, 3.63) is 35.4 Å². The van der Waals surface area contributed by atoms with Crippen LogP contribution >= 0.6 is 0 Å². The van der Waals surface area contributed by atoms with E-state index in [1.165, 1.54) is 0 Å². The summed E-state index contributed by atoms with van der Waals surface area (Å²) < 4.78 is 0. The van der Waals surface area contributed by atoms with Crippen LogP contribution in [0.3, 0.4) is 0 Å². The van der Waals surface area contributed by atoms with Gasteiger partial charge in [0.1, 0.15) is 0 Å². The first kappa shape index (κ1) is 18.6. The number of hydrogen-bond acceptors (Lipinski definition) is 2. The molecule has 0 bridgehead atoms. The SMILES string of the molecule is C#C.CC.Cc1cccc(C(=O)NC(C)CO)c1. The van der Waals surface area contributed by atoms with Gasteiger partial charge < -0.3 is 10.4 Å². The van der Waals surface area contributed by atoms with Crippen LogP contribution in [0.2, 0.25) is 0 Å². The summed E-state index contributed by atoms with van der Waals surface area (Å²) in [6, 6.07) is 7.15. The molecular formula is C15H23NO2. The Hall–Kier alpha value is -1.79. The van der Waals surface area contributed by atoms with Crippen LogP contribution in [0.1, 0.15) is 36.7 Å². The number of amides is 1. The first-order valence-electron chi connectivity index (χ1n) is 5.95. The van der Waals surface area contributed by atoms with Crippen LogP contribution in [-0.4, -0.2) is 23.7 Å². The topological polar surface area (TPSA) is 49.3 Å². The number of carbonyl (C=O) groups is 1. The van der Waals surface area contributed by atoms with E-state index in [-0.39, 0.29) is 18.6 Å². The second-order valence-corrected chi connectivity index (χ2v) is 3.43. The molecule has 1 aromatic rings. The molecule has 1 unspecified atom stereocenters. The Morgan fingerprint density at radius 2 is 1.94 bits per heavy atom. The summed E-state index contributed by atoms with van der Waals surface area (Å²) in [5, 5.41) is 11.5. The monoisotopic (exact) mass is 249 g/mol. The maximum absolute atomic E-state index is 11.5. The molecule has 0 saturated carbocycles. The van der Waals surface area contributed by atoms with Crippen molar-refractivity contribution < 1.29 is 9.90 Å². The van der Waals surface area contributed by atoms with E-state index in [4.69, 9.17) is 5.11 Å². The van der Waals surface area contributed by atoms with Gasteiger partial charge in [-0.05, 0) is 26.0 Å². The molecule has 0 aliphatic rings. The molecular weight excluding hydrogens is 226 g/mol. The molecule has 0 radical (unpaired) electrons. The molecule has 1 rings (SSSR count). The molecule has 0 aromatic heterocycles. The fraction of sp³-hybridized carbons (Fsp3) is 0.400. The van der Waals surface area contributed by atoms with Crippen LogP contribution in [-0.2, 0) is 0 Å². The predicted octanol–water partition coefficient (Wildman–Crippen LogP) is 2.38. The molecule has 0 heterocycles. The lowest BCUT2D eigenvalue weighted by Gasteiger charge is -2.10. The zero-order valence-corrected chi connectivity index (χ0v) is 11.6. The van der Waals surface area contributed by atoms with Gasteiger partial charge in [0, 0.05) is 11.6 Å². The molecule has 3 heteroatoms. The average Bonchev–Trinajstić information content (AvgIpc) is 2.43. The summed E-state index contributed by atoms with van der Waals surface area (Å²) in [6.45, 7) is 7.65. The van der Waals surface area contributed by atoms with E-state index in [9.17, 15) is 4.79 Å². The molecule has 0 spiro atoms. The largest absolute Gasteiger partial charge is 0.394 e. The van der Waals surface area contributed by atoms with Crippen molar-refractivity contribution in [1.82, 2.24) is 5.32 Å². The van der Waals surface area contributed by atoms with Gasteiger partial charge in [-0.25, -0.2) is 0 Å². The van der Waals surface area contributed by atoms with Crippen molar-refractivity contribution in [3.63, 3.8) is 0 Å². The number of benzene rings is 1. The number of rotatable bonds is 3. The number of aryl methyl sites for hydroxylation is 1. The van der Waals surface area contributed by atoms with Gasteiger partial charge >= 0.3 is 0 Å². The molecule has 0 saturated heterocycles. The molecule has 0 fully saturated rings. The van der Waals surface area contributed by atoms with E-state index in [1.54, 1.807) is 13.0 Å². The van der Waals surface area contributed by atoms with Gasteiger partial charge in [0.15, 0.2) is 0 Å². The number of hydrogen-bond donors (Lipinski definition) is 2. The lowest BCUT2D eigenvalue weighted by atomic mass is 10.1. The first-order chi connectivity index (χ1) is 8.63. The highest BCUT2D eigenvalue weighted by Crippen LogP contribution is 2.03. The van der Waals surface area contributed by atoms with E-state index in [1.807, 2.05) is 39.0 Å². The average molecular weight is 249 g/mol. The molecule has 18 heavy (non-hydrogen) atoms. The van der Waals surface area contributed by atoms with Gasteiger partial charge in [-0.1, -0.05) is 31.5 Å². The van der Waals surface area contributed by atoms with Crippen LogP contribution in [0, 0.1) is 19.8 Å². The maximum Gasteiger partial charge on any atom is 0.251 e. The number of carbonyl (C=O) groups excluding carboxylic acids is 1. The molecule has 2 N–H and O–H groups in total. The van der Waals surface area contributed by atoms with Crippen molar-refractivity contribution in [2.24, 2.45) is 0 Å². The Kier molecular flexibility index (Phi) is 12.1. The van der Waals surface area contributed by atoms with E-state index >= 15 is 0 Å². The third-order valence-corrected chi connectivity index (χ3v) is 1.93. The molecule has 100 valence electrons. The zero-order valence-electron chi connectivity index (χ0n) is 11.6. The summed E-state index contributed by atoms with van der Waals surface area (Å²) in [4.78, 5) is 11.5. The highest BCUT2D eigenvalue weighted by molar-refractivity contribution is 5.94. The van der Waals surface area contributed by atoms with Crippen molar-refractivity contribution in [3.8, 4) is 12.8 Å². The number of nitrogens with one attached hydrogen (secondary N) is 1. The van der Waals surface area contributed by atoms with E-state index in [0.29, 0.717) is 5.56 Å². The Bertz CT molecular complexity index is 359. The summed E-state index contributed by atoms with van der Waals surface area (Å²) in [5.41, 5.74) is 1.68. The molecule has 1 aromatic carbocycles. The number of terminal acetylenes is 1. The second kappa shape index (κ2) is 11.7. The van der Waals surface area contributed by atoms with Gasteiger partial charge in [0.2, 0.25) is 0 Å². The number of aliphatic hydroxyl groups is 1. The fourth-order valence-corrected chi connectivity index (χ4v) is 1.14. The van der Waals surface area contributed by atoms with Crippen LogP contribution in [0.25, 0.3) is 0 Å². The second-order valence-electron chi connectivity index (χ2n) is 3.43. The van der Waals surface area contributed by atoms with Gasteiger partial charge in [-0.15, -0.1) is 12.8 Å². The summed E-state index contributed by atoms with van der Waals surface area (Å²) in [6.07, 6.45) is 8.00. The van der Waals surface area contributed by atoms with Crippen molar-refractivity contribution in [2.75, 3.05) is 6.61 Å². The first-order valence-corrected chi connectivity index (χ1v) is 5.95. The Labute approximate surface area is 110 Å². The fourth-order valence-electron chi connectivity index (χ4n) is 1.14. The Morgan fingerprint density at radius 3 is 2.39 bits per heavy atom. The van der Waals surface area contributed by atoms with Gasteiger partial charge in [-0.2, -0.15) is 0 Å². The minimum Gasteiger partial charge on any atom is -0.394 e. The Balaban J connectivity index is 0. The lowest BCUT2D eigenvalue weighted by molar-refractivity contribution is 0.0922. The summed E-state index contributed by atoms with van der Waals surface area (Å²) in [5.74, 6) is -0.143. The van der Waals surface area contributed by atoms with Gasteiger partial charge in [-0.3, -0.25) is 4.79 Å². The number of aliphatic hydroxyl groups excluding tert-OH is 1. The van der Waals surface area contributed by atoms with E-state index < -0.39 is 0 Å². The zero-order chi connectivity index (χ0) is 14.6. The van der Waals surface area contributed by atoms with Crippen molar-refractivity contribution >= 4 is 5.91 Å². The van der Waals surface area contributed by atoms with Crippen LogP contribution in [0.4, 0.5) is 0 Å². The lowest BCUT2D eigenvalue weighted by Crippen LogP contribution is -2.34. The highest BCUT2D eigenvalue weighted by atomic mass is 16.3. The minimum absolute atomic E-state index is 0.0441. The maximum atomic E-state index is 11.5. The molecule has 1 amide bonds. The van der Waals surface area contributed by atoms with E-state index in [0.717, 1.165) is 5.56 Å². The molecule has 0 aliphatic heterocycles. The highest BCUT2D eigenvalue weighted by Gasteiger charge is 2.08. The normalized spacial score (nSPS) is 9.94. The molecule has 1 atom stereocenters. The van der Waals surface area contributed by atoms with Crippen LogP contribution < -0.4 is 5.32 Å². The summed E-state index contributed by atoms with van der Waals surface area (Å²) >= 11 is 0. The van der Waals surface area contributed by atoms with Crippen molar-refractivity contribution in [1.29, 1.82) is 0 Å². The van der Waals surface area contributed by atoms with Gasteiger partial charge in [0.25, 0.3) is 5.91 Å². The third kappa shape index (κ3) is 7.48. The van der Waals surface area contributed by atoms with Crippen LogP contribution in [0.5, 0.6) is 0 Å². The minimum atomic E-state index is -0.206. The van der Waals surface area contributed by atoms with E-state index in [2.05, 4.69) is 18.2 Å². The quantitative estimate of drug-likeness (QED) is 0.808. The van der Waals surface area contributed by atoms with Crippen LogP contribution in [0.15, 0.2) is 24.3 Å². The van der Waals surface area contributed by atoms with Crippen molar-refractivity contribution in [2.45, 2.75) is 33.7 Å². The standard InChI is InChI=1S/C11H15NO2.C2H6.C2H2/c1-8-4-3-5-10(6-8)11(14)12-9(2)7-13;2*1-2/h3-6,9,13H,7H2,1-2H3,(H,12,14);1-2H3;1-2H. The van der Waals surface area contributed by atoms with Gasteiger partial charge in [0.05, 0.1) is 6.61 Å². The molecule has 3 nitrogen and oxygen atoms in total. The predicted molar refractivity (Wildman–Crippen MR) is 76.4 cm³/mol.